The van der Waals surface area contributed by atoms with Crippen LogP contribution in [0.4, 0.5) is 0 Å². The Morgan fingerprint density at radius 3 is 2.67 bits per heavy atom. The molecule has 1 fully saturated rings. The summed E-state index contributed by atoms with van der Waals surface area (Å²) in [7, 11) is -1.90. The van der Waals surface area contributed by atoms with E-state index in [2.05, 4.69) is 17.0 Å². The fourth-order valence-electron chi connectivity index (χ4n) is 2.78. The van der Waals surface area contributed by atoms with E-state index in [4.69, 9.17) is 4.74 Å². The molecule has 2 N–H and O–H groups in total. The monoisotopic (exact) mass is 312 g/mol. The lowest BCUT2D eigenvalue weighted by molar-refractivity contribution is 0.273. The molecule has 118 valence electrons. The van der Waals surface area contributed by atoms with Gasteiger partial charge in [-0.1, -0.05) is 13.3 Å². The van der Waals surface area contributed by atoms with Crippen LogP contribution in [0.2, 0.25) is 0 Å². The van der Waals surface area contributed by atoms with Gasteiger partial charge >= 0.3 is 0 Å². The van der Waals surface area contributed by atoms with Gasteiger partial charge in [-0.2, -0.15) is 0 Å². The maximum absolute atomic E-state index is 12.3. The third kappa shape index (κ3) is 4.18. The van der Waals surface area contributed by atoms with E-state index in [0.29, 0.717) is 18.2 Å². The summed E-state index contributed by atoms with van der Waals surface area (Å²) in [4.78, 5) is 0.271. The molecule has 1 aromatic carbocycles. The Labute approximate surface area is 127 Å². The van der Waals surface area contributed by atoms with Crippen molar-refractivity contribution in [1.82, 2.24) is 10.0 Å². The Morgan fingerprint density at radius 2 is 2.05 bits per heavy atom. The molecule has 0 saturated carbocycles. The first kappa shape index (κ1) is 16.3. The molecule has 1 aromatic rings. The van der Waals surface area contributed by atoms with Crippen molar-refractivity contribution in [2.45, 2.75) is 37.1 Å². The highest BCUT2D eigenvalue weighted by atomic mass is 32.2. The number of ether oxygens (including phenoxy) is 1. The maximum atomic E-state index is 12.3. The molecule has 1 heterocycles. The zero-order valence-electron chi connectivity index (χ0n) is 12.6. The highest BCUT2D eigenvalue weighted by molar-refractivity contribution is 7.89. The van der Waals surface area contributed by atoms with Crippen LogP contribution in [-0.4, -0.2) is 34.7 Å². The second-order valence-corrected chi connectivity index (χ2v) is 7.17. The third-order valence-electron chi connectivity index (χ3n) is 4.11. The minimum atomic E-state index is -3.46. The molecule has 0 radical (unpaired) electrons. The van der Waals surface area contributed by atoms with Crippen LogP contribution in [0.15, 0.2) is 29.2 Å². The van der Waals surface area contributed by atoms with Gasteiger partial charge in [0.2, 0.25) is 10.0 Å². The molecule has 0 amide bonds. The topological polar surface area (TPSA) is 67.4 Å². The molecule has 5 nitrogen and oxygen atoms in total. The van der Waals surface area contributed by atoms with Gasteiger partial charge in [0.15, 0.2) is 0 Å². The zero-order chi connectivity index (χ0) is 15.3. The van der Waals surface area contributed by atoms with E-state index in [1.807, 2.05) is 0 Å². The Bertz CT molecular complexity index is 543. The van der Waals surface area contributed by atoms with Gasteiger partial charge in [-0.3, -0.25) is 0 Å². The summed E-state index contributed by atoms with van der Waals surface area (Å²) in [6, 6.07) is 6.65. The first-order valence-electron chi connectivity index (χ1n) is 7.44. The van der Waals surface area contributed by atoms with Gasteiger partial charge < -0.3 is 10.1 Å². The van der Waals surface area contributed by atoms with Gasteiger partial charge in [-0.25, -0.2) is 13.1 Å². The van der Waals surface area contributed by atoms with Crippen LogP contribution in [0.25, 0.3) is 0 Å². The van der Waals surface area contributed by atoms with Crippen molar-refractivity contribution >= 4 is 10.0 Å². The van der Waals surface area contributed by atoms with Crippen LogP contribution in [0.1, 0.15) is 26.2 Å². The summed E-state index contributed by atoms with van der Waals surface area (Å²) in [6.07, 6.45) is 3.40. The van der Waals surface area contributed by atoms with Crippen molar-refractivity contribution in [1.29, 1.82) is 0 Å². The minimum Gasteiger partial charge on any atom is -0.497 e. The Hall–Kier alpha value is -1.11. The fraction of sp³-hybridized carbons (Fsp3) is 0.600. The molecular weight excluding hydrogens is 288 g/mol. The standard InChI is InChI=1S/C15H24N2O3S/c1-3-12-5-4-10-16-15(12)11-17-21(18,19)14-8-6-13(20-2)7-9-14/h6-9,12,15-17H,3-5,10-11H2,1-2H3. The molecule has 21 heavy (non-hydrogen) atoms. The van der Waals surface area contributed by atoms with Gasteiger partial charge in [-0.05, 0) is 49.6 Å². The largest absolute Gasteiger partial charge is 0.497 e. The molecule has 0 spiro atoms. The lowest BCUT2D eigenvalue weighted by Gasteiger charge is -2.32. The summed E-state index contributed by atoms with van der Waals surface area (Å²) >= 11 is 0. The number of nitrogens with one attached hydrogen (secondary N) is 2. The predicted molar refractivity (Wildman–Crippen MR) is 83.0 cm³/mol. The second-order valence-electron chi connectivity index (χ2n) is 5.40. The van der Waals surface area contributed by atoms with Crippen LogP contribution in [0.3, 0.4) is 0 Å². The van der Waals surface area contributed by atoms with E-state index >= 15 is 0 Å². The van der Waals surface area contributed by atoms with E-state index in [-0.39, 0.29) is 10.9 Å². The SMILES string of the molecule is CCC1CCCNC1CNS(=O)(=O)c1ccc(OC)cc1. The van der Waals surface area contributed by atoms with Gasteiger partial charge in [-0.15, -0.1) is 0 Å². The summed E-state index contributed by atoms with van der Waals surface area (Å²) in [5, 5.41) is 3.42. The first-order valence-corrected chi connectivity index (χ1v) is 8.92. The van der Waals surface area contributed by atoms with Crippen molar-refractivity contribution in [3.63, 3.8) is 0 Å². The van der Waals surface area contributed by atoms with E-state index in [9.17, 15) is 8.42 Å². The van der Waals surface area contributed by atoms with Crippen molar-refractivity contribution < 1.29 is 13.2 Å². The van der Waals surface area contributed by atoms with Gasteiger partial charge in [0.25, 0.3) is 0 Å². The van der Waals surface area contributed by atoms with Crippen LogP contribution >= 0.6 is 0 Å². The maximum Gasteiger partial charge on any atom is 0.240 e. The molecule has 0 aromatic heterocycles. The van der Waals surface area contributed by atoms with Crippen molar-refractivity contribution in [2.24, 2.45) is 5.92 Å². The number of hydrogen-bond acceptors (Lipinski definition) is 4. The minimum absolute atomic E-state index is 0.219. The molecule has 2 unspecified atom stereocenters. The molecule has 2 atom stereocenters. The number of rotatable bonds is 6. The van der Waals surface area contributed by atoms with Gasteiger partial charge in [0.1, 0.15) is 5.75 Å². The summed E-state index contributed by atoms with van der Waals surface area (Å²) < 4.78 is 32.3. The average Bonchev–Trinajstić information content (AvgIpc) is 2.53. The zero-order valence-corrected chi connectivity index (χ0v) is 13.4. The summed E-state index contributed by atoms with van der Waals surface area (Å²) in [5.74, 6) is 1.19. The molecule has 0 bridgehead atoms. The molecular formula is C15H24N2O3S. The van der Waals surface area contributed by atoms with Gasteiger partial charge in [0.05, 0.1) is 12.0 Å². The summed E-state index contributed by atoms with van der Waals surface area (Å²) in [6.45, 7) is 3.56. The Morgan fingerprint density at radius 1 is 1.33 bits per heavy atom. The van der Waals surface area contributed by atoms with Crippen LogP contribution in [0.5, 0.6) is 5.75 Å². The fourth-order valence-corrected chi connectivity index (χ4v) is 3.84. The van der Waals surface area contributed by atoms with Crippen LogP contribution in [0, 0.1) is 5.92 Å². The predicted octanol–water partition coefficient (Wildman–Crippen LogP) is 1.75. The highest BCUT2D eigenvalue weighted by Crippen LogP contribution is 2.20. The normalized spacial score (nSPS) is 23.0. The molecule has 1 saturated heterocycles. The number of benzene rings is 1. The van der Waals surface area contributed by atoms with E-state index in [0.717, 1.165) is 13.0 Å². The number of hydrogen-bond donors (Lipinski definition) is 2. The van der Waals surface area contributed by atoms with Crippen LogP contribution < -0.4 is 14.8 Å². The number of methoxy groups -OCH3 is 1. The van der Waals surface area contributed by atoms with E-state index in [1.54, 1.807) is 31.4 Å². The third-order valence-corrected chi connectivity index (χ3v) is 5.55. The second kappa shape index (κ2) is 7.24. The van der Waals surface area contributed by atoms with Crippen molar-refractivity contribution in [3.8, 4) is 5.75 Å². The Balaban J connectivity index is 1.99. The Kier molecular flexibility index (Phi) is 5.61. The number of sulfonamides is 1. The highest BCUT2D eigenvalue weighted by Gasteiger charge is 2.25. The molecule has 1 aliphatic heterocycles. The number of piperidine rings is 1. The van der Waals surface area contributed by atoms with Crippen LogP contribution in [-0.2, 0) is 10.0 Å². The average molecular weight is 312 g/mol. The van der Waals surface area contributed by atoms with E-state index in [1.165, 1.54) is 12.8 Å². The first-order chi connectivity index (χ1) is 10.1. The molecule has 6 heteroatoms. The van der Waals surface area contributed by atoms with E-state index < -0.39 is 10.0 Å². The lowest BCUT2D eigenvalue weighted by atomic mass is 9.89. The van der Waals surface area contributed by atoms with Gasteiger partial charge in [0, 0.05) is 12.6 Å². The quantitative estimate of drug-likeness (QED) is 0.840. The molecule has 1 aliphatic rings. The molecule has 2 rings (SSSR count). The lowest BCUT2D eigenvalue weighted by Crippen LogP contribution is -2.48. The van der Waals surface area contributed by atoms with Crippen molar-refractivity contribution in [3.05, 3.63) is 24.3 Å². The smallest absolute Gasteiger partial charge is 0.240 e. The van der Waals surface area contributed by atoms with Crippen molar-refractivity contribution in [2.75, 3.05) is 20.2 Å². The molecule has 0 aliphatic carbocycles. The summed E-state index contributed by atoms with van der Waals surface area (Å²) in [5.41, 5.74) is 0.